The van der Waals surface area contributed by atoms with Gasteiger partial charge in [0.1, 0.15) is 0 Å². The Morgan fingerprint density at radius 3 is 2.80 bits per heavy atom. The molecule has 2 rings (SSSR count). The molecule has 2 amide bonds. The van der Waals surface area contributed by atoms with Crippen LogP contribution in [-0.2, 0) is 11.2 Å². The third-order valence-corrected chi connectivity index (χ3v) is 4.09. The van der Waals surface area contributed by atoms with Crippen LogP contribution >= 0.6 is 0 Å². The maximum Gasteiger partial charge on any atom is 0.251 e. The second-order valence-electron chi connectivity index (χ2n) is 5.83. The van der Waals surface area contributed by atoms with Gasteiger partial charge in [-0.3, -0.25) is 9.59 Å². The molecule has 0 fully saturated rings. The summed E-state index contributed by atoms with van der Waals surface area (Å²) in [5, 5.41) is 5.73. The normalized spacial score (nSPS) is 16.6. The molecule has 1 aliphatic heterocycles. The summed E-state index contributed by atoms with van der Waals surface area (Å²) in [4.78, 5) is 23.6. The van der Waals surface area contributed by atoms with Crippen LogP contribution in [0.3, 0.4) is 0 Å². The van der Waals surface area contributed by atoms with Crippen molar-refractivity contribution in [2.24, 2.45) is 11.7 Å². The van der Waals surface area contributed by atoms with Crippen LogP contribution in [0.2, 0.25) is 0 Å². The summed E-state index contributed by atoms with van der Waals surface area (Å²) in [5.74, 6) is 0.0210. The Morgan fingerprint density at radius 2 is 2.20 bits per heavy atom. The van der Waals surface area contributed by atoms with Gasteiger partial charge >= 0.3 is 0 Å². The van der Waals surface area contributed by atoms with Gasteiger partial charge in [-0.15, -0.1) is 0 Å². The molecule has 5 heteroatoms. The van der Waals surface area contributed by atoms with E-state index in [1.807, 2.05) is 26.8 Å². The maximum absolute atomic E-state index is 12.3. The van der Waals surface area contributed by atoms with Gasteiger partial charge in [-0.1, -0.05) is 19.9 Å². The molecule has 1 unspecified atom stereocenters. The summed E-state index contributed by atoms with van der Waals surface area (Å²) in [6.07, 6.45) is 0.379. The molecule has 1 aliphatic rings. The second-order valence-corrected chi connectivity index (χ2v) is 5.83. The number of hydrogen-bond acceptors (Lipinski definition) is 3. The highest BCUT2D eigenvalue weighted by molar-refractivity contribution is 6.02. The van der Waals surface area contributed by atoms with Gasteiger partial charge in [0.05, 0.1) is 12.0 Å². The Labute approximate surface area is 118 Å². The van der Waals surface area contributed by atoms with Gasteiger partial charge in [-0.05, 0) is 30.5 Å². The smallest absolute Gasteiger partial charge is 0.251 e. The lowest BCUT2D eigenvalue weighted by Gasteiger charge is -2.33. The standard InChI is InChI=1S/C15H21N3O2/c1-9(2)15(3,8-16)18-14(20)11-5-4-10-7-13(19)17-12(10)6-11/h4-6,9H,7-8,16H2,1-3H3,(H,17,19)(H,18,20). The first-order valence-corrected chi connectivity index (χ1v) is 6.81. The Kier molecular flexibility index (Phi) is 3.81. The zero-order valence-electron chi connectivity index (χ0n) is 12.1. The molecule has 1 heterocycles. The van der Waals surface area contributed by atoms with E-state index < -0.39 is 5.54 Å². The van der Waals surface area contributed by atoms with Crippen molar-refractivity contribution in [3.8, 4) is 0 Å². The molecule has 0 saturated carbocycles. The van der Waals surface area contributed by atoms with Crippen LogP contribution < -0.4 is 16.4 Å². The number of carbonyl (C=O) groups excluding carboxylic acids is 2. The predicted molar refractivity (Wildman–Crippen MR) is 78.5 cm³/mol. The number of anilines is 1. The number of nitrogens with one attached hydrogen (secondary N) is 2. The molecule has 4 N–H and O–H groups in total. The third-order valence-electron chi connectivity index (χ3n) is 4.09. The Balaban J connectivity index is 2.19. The van der Waals surface area contributed by atoms with Gasteiger partial charge < -0.3 is 16.4 Å². The minimum absolute atomic E-state index is 0.0356. The van der Waals surface area contributed by atoms with E-state index in [4.69, 9.17) is 5.73 Å². The van der Waals surface area contributed by atoms with Crippen molar-refractivity contribution in [3.63, 3.8) is 0 Å². The molecule has 0 bridgehead atoms. The van der Waals surface area contributed by atoms with Crippen LogP contribution in [0, 0.1) is 5.92 Å². The fourth-order valence-corrected chi connectivity index (χ4v) is 2.12. The first-order chi connectivity index (χ1) is 9.35. The monoisotopic (exact) mass is 275 g/mol. The van der Waals surface area contributed by atoms with Crippen LogP contribution in [0.1, 0.15) is 36.7 Å². The van der Waals surface area contributed by atoms with E-state index in [-0.39, 0.29) is 17.7 Å². The largest absolute Gasteiger partial charge is 0.345 e. The fourth-order valence-electron chi connectivity index (χ4n) is 2.12. The van der Waals surface area contributed by atoms with Gasteiger partial charge in [-0.25, -0.2) is 0 Å². The van der Waals surface area contributed by atoms with Crippen molar-refractivity contribution in [2.45, 2.75) is 32.7 Å². The molecule has 1 atom stereocenters. The van der Waals surface area contributed by atoms with E-state index in [2.05, 4.69) is 10.6 Å². The number of carbonyl (C=O) groups is 2. The summed E-state index contributed by atoms with van der Waals surface area (Å²) in [6.45, 7) is 6.36. The SMILES string of the molecule is CC(C)C(C)(CN)NC(=O)c1ccc2c(c1)NC(=O)C2. The number of benzene rings is 1. The van der Waals surface area contributed by atoms with Crippen molar-refractivity contribution < 1.29 is 9.59 Å². The maximum atomic E-state index is 12.3. The molecule has 1 aromatic rings. The minimum Gasteiger partial charge on any atom is -0.345 e. The summed E-state index contributed by atoms with van der Waals surface area (Å²) in [5.41, 5.74) is 7.51. The highest BCUT2D eigenvalue weighted by Crippen LogP contribution is 2.24. The molecule has 1 aromatic carbocycles. The van der Waals surface area contributed by atoms with Gasteiger partial charge in [0.25, 0.3) is 5.91 Å². The topological polar surface area (TPSA) is 84.2 Å². The average molecular weight is 275 g/mol. The van der Waals surface area contributed by atoms with E-state index in [0.29, 0.717) is 18.5 Å². The first-order valence-electron chi connectivity index (χ1n) is 6.81. The lowest BCUT2D eigenvalue weighted by molar-refractivity contribution is -0.115. The van der Waals surface area contributed by atoms with E-state index in [9.17, 15) is 9.59 Å². The van der Waals surface area contributed by atoms with Crippen LogP contribution in [0.4, 0.5) is 5.69 Å². The Hall–Kier alpha value is -1.88. The number of rotatable bonds is 4. The van der Waals surface area contributed by atoms with Gasteiger partial charge in [0.15, 0.2) is 0 Å². The summed E-state index contributed by atoms with van der Waals surface area (Å²) >= 11 is 0. The molecule has 0 aromatic heterocycles. The predicted octanol–water partition coefficient (Wildman–Crippen LogP) is 1.28. The molecular weight excluding hydrogens is 254 g/mol. The molecule has 0 spiro atoms. The molecule has 0 aliphatic carbocycles. The molecule has 5 nitrogen and oxygen atoms in total. The zero-order valence-corrected chi connectivity index (χ0v) is 12.1. The molecular formula is C15H21N3O2. The number of fused-ring (bicyclic) bond motifs is 1. The van der Waals surface area contributed by atoms with Gasteiger partial charge in [0, 0.05) is 17.8 Å². The summed E-state index contributed by atoms with van der Waals surface area (Å²) in [7, 11) is 0. The van der Waals surface area contributed by atoms with Crippen molar-refractivity contribution in [3.05, 3.63) is 29.3 Å². The quantitative estimate of drug-likeness (QED) is 0.774. The summed E-state index contributed by atoms with van der Waals surface area (Å²) < 4.78 is 0. The lowest BCUT2D eigenvalue weighted by Crippen LogP contribution is -2.55. The molecule has 0 saturated heterocycles. The average Bonchev–Trinajstić information content (AvgIpc) is 2.77. The van der Waals surface area contributed by atoms with Crippen molar-refractivity contribution in [1.29, 1.82) is 0 Å². The van der Waals surface area contributed by atoms with E-state index in [1.165, 1.54) is 0 Å². The number of nitrogens with two attached hydrogens (primary N) is 1. The summed E-state index contributed by atoms with van der Waals surface area (Å²) in [6, 6.07) is 5.27. The zero-order chi connectivity index (χ0) is 14.9. The molecule has 108 valence electrons. The van der Waals surface area contributed by atoms with Gasteiger partial charge in [0.2, 0.25) is 5.91 Å². The molecule has 0 radical (unpaired) electrons. The van der Waals surface area contributed by atoms with E-state index in [1.54, 1.807) is 12.1 Å². The fraction of sp³-hybridized carbons (Fsp3) is 0.467. The number of amides is 2. The van der Waals surface area contributed by atoms with Crippen LogP contribution in [0.25, 0.3) is 0 Å². The highest BCUT2D eigenvalue weighted by atomic mass is 16.2. The van der Waals surface area contributed by atoms with Crippen molar-refractivity contribution >= 4 is 17.5 Å². The lowest BCUT2D eigenvalue weighted by atomic mass is 9.88. The van der Waals surface area contributed by atoms with Crippen LogP contribution in [-0.4, -0.2) is 23.9 Å². The van der Waals surface area contributed by atoms with E-state index in [0.717, 1.165) is 11.3 Å². The first kappa shape index (κ1) is 14.5. The van der Waals surface area contributed by atoms with Crippen molar-refractivity contribution in [2.75, 3.05) is 11.9 Å². The van der Waals surface area contributed by atoms with E-state index >= 15 is 0 Å². The highest BCUT2D eigenvalue weighted by Gasteiger charge is 2.29. The second kappa shape index (κ2) is 5.25. The van der Waals surface area contributed by atoms with Crippen LogP contribution in [0.15, 0.2) is 18.2 Å². The van der Waals surface area contributed by atoms with Crippen molar-refractivity contribution in [1.82, 2.24) is 5.32 Å². The number of hydrogen-bond donors (Lipinski definition) is 3. The van der Waals surface area contributed by atoms with Gasteiger partial charge in [-0.2, -0.15) is 0 Å². The Morgan fingerprint density at radius 1 is 1.50 bits per heavy atom. The minimum atomic E-state index is -0.445. The third kappa shape index (κ3) is 2.67. The Bertz CT molecular complexity index is 554. The van der Waals surface area contributed by atoms with Crippen LogP contribution in [0.5, 0.6) is 0 Å². The molecule has 20 heavy (non-hydrogen) atoms.